The number of H-pyrrole nitrogens is 1. The normalized spacial score (nSPS) is 19.0. The molecule has 0 unspecified atom stereocenters. The minimum absolute atomic E-state index is 0.0348. The molecule has 0 aliphatic carbocycles. The molecule has 202 valence electrons. The van der Waals surface area contributed by atoms with Crippen molar-refractivity contribution in [1.29, 1.82) is 0 Å². The Balaban J connectivity index is 1.38. The Morgan fingerprint density at radius 1 is 1.21 bits per heavy atom. The fraction of sp³-hybridized carbons (Fsp3) is 0.444. The number of carbonyl (C=O) groups is 3. The second-order valence-electron chi connectivity index (χ2n) is 10.4. The molecule has 1 fully saturated rings. The van der Waals surface area contributed by atoms with E-state index in [9.17, 15) is 23.9 Å². The van der Waals surface area contributed by atoms with Crippen LogP contribution in [0.5, 0.6) is 0 Å². The van der Waals surface area contributed by atoms with E-state index in [2.05, 4.69) is 20.5 Å². The monoisotopic (exact) mass is 525 g/mol. The SMILES string of the molecule is Cc1c(/C=C2\C(=O)Nc3cc(NC(=O)C(C)(C)O)c(F)cc32)[nH]c2c1C(=O)N(CCN1CCOCC1)CC2. The van der Waals surface area contributed by atoms with Crippen LogP contribution in [0.25, 0.3) is 11.6 Å². The minimum atomic E-state index is -1.69. The molecule has 10 nitrogen and oxygen atoms in total. The van der Waals surface area contributed by atoms with E-state index >= 15 is 0 Å². The first-order chi connectivity index (χ1) is 18.0. The van der Waals surface area contributed by atoms with Crippen molar-refractivity contribution in [3.05, 3.63) is 46.0 Å². The number of nitrogens with one attached hydrogen (secondary N) is 3. The minimum Gasteiger partial charge on any atom is -0.381 e. The number of aromatic amines is 1. The summed E-state index contributed by atoms with van der Waals surface area (Å²) in [6.07, 6.45) is 2.31. The van der Waals surface area contributed by atoms with Gasteiger partial charge in [0.05, 0.1) is 35.7 Å². The number of hydrogen-bond acceptors (Lipinski definition) is 6. The van der Waals surface area contributed by atoms with Crippen LogP contribution in [-0.4, -0.2) is 89.2 Å². The predicted molar refractivity (Wildman–Crippen MR) is 140 cm³/mol. The van der Waals surface area contributed by atoms with Crippen LogP contribution in [0.2, 0.25) is 0 Å². The van der Waals surface area contributed by atoms with Crippen LogP contribution < -0.4 is 10.6 Å². The largest absolute Gasteiger partial charge is 0.381 e. The van der Waals surface area contributed by atoms with Gasteiger partial charge in [-0.3, -0.25) is 19.3 Å². The van der Waals surface area contributed by atoms with E-state index in [0.29, 0.717) is 55.2 Å². The lowest BCUT2D eigenvalue weighted by Crippen LogP contribution is -2.45. The highest BCUT2D eigenvalue weighted by molar-refractivity contribution is 6.35. The van der Waals surface area contributed by atoms with Crippen LogP contribution in [0, 0.1) is 12.7 Å². The Hall–Kier alpha value is -3.54. The Morgan fingerprint density at radius 3 is 2.66 bits per heavy atom. The van der Waals surface area contributed by atoms with Crippen molar-refractivity contribution in [2.45, 2.75) is 32.8 Å². The van der Waals surface area contributed by atoms with Crippen LogP contribution in [0.1, 0.15) is 46.7 Å². The third kappa shape index (κ3) is 4.96. The lowest BCUT2D eigenvalue weighted by molar-refractivity contribution is -0.130. The third-order valence-corrected chi connectivity index (χ3v) is 7.27. The molecule has 11 heteroatoms. The molecule has 4 heterocycles. The summed E-state index contributed by atoms with van der Waals surface area (Å²) in [6.45, 7) is 9.64. The Bertz CT molecular complexity index is 1340. The molecule has 0 saturated carbocycles. The average molecular weight is 526 g/mol. The maximum absolute atomic E-state index is 14.9. The second-order valence-corrected chi connectivity index (χ2v) is 10.4. The smallest absolute Gasteiger partial charge is 0.256 e. The molecule has 3 amide bonds. The van der Waals surface area contributed by atoms with E-state index in [1.807, 2.05) is 11.8 Å². The summed E-state index contributed by atoms with van der Waals surface area (Å²) < 4.78 is 20.3. The van der Waals surface area contributed by atoms with Gasteiger partial charge in [0.1, 0.15) is 11.4 Å². The number of morpholine rings is 1. The zero-order valence-electron chi connectivity index (χ0n) is 21.7. The lowest BCUT2D eigenvalue weighted by atomic mass is 10.0. The first-order valence-electron chi connectivity index (χ1n) is 12.7. The number of anilines is 2. The molecule has 3 aliphatic heterocycles. The van der Waals surface area contributed by atoms with Gasteiger partial charge in [0, 0.05) is 56.1 Å². The van der Waals surface area contributed by atoms with Gasteiger partial charge in [-0.15, -0.1) is 0 Å². The summed E-state index contributed by atoms with van der Waals surface area (Å²) in [6, 6.07) is 2.51. The van der Waals surface area contributed by atoms with Gasteiger partial charge in [0.2, 0.25) is 0 Å². The highest BCUT2D eigenvalue weighted by Gasteiger charge is 2.32. The maximum atomic E-state index is 14.9. The number of hydrogen-bond donors (Lipinski definition) is 4. The van der Waals surface area contributed by atoms with Gasteiger partial charge < -0.3 is 30.4 Å². The van der Waals surface area contributed by atoms with Gasteiger partial charge in [0.25, 0.3) is 17.7 Å². The van der Waals surface area contributed by atoms with Crippen LogP contribution in [-0.2, 0) is 20.7 Å². The number of amides is 3. The molecule has 0 radical (unpaired) electrons. The van der Waals surface area contributed by atoms with E-state index in [1.54, 1.807) is 6.08 Å². The van der Waals surface area contributed by atoms with Gasteiger partial charge in [-0.25, -0.2) is 4.39 Å². The number of ether oxygens (including phenoxy) is 1. The van der Waals surface area contributed by atoms with Gasteiger partial charge in [-0.1, -0.05) is 0 Å². The van der Waals surface area contributed by atoms with Crippen molar-refractivity contribution in [1.82, 2.24) is 14.8 Å². The van der Waals surface area contributed by atoms with Crippen LogP contribution in [0.3, 0.4) is 0 Å². The number of aliphatic hydroxyl groups is 1. The second kappa shape index (κ2) is 9.97. The molecule has 5 rings (SSSR count). The van der Waals surface area contributed by atoms with Crippen molar-refractivity contribution in [2.75, 3.05) is 56.6 Å². The van der Waals surface area contributed by atoms with Crippen LogP contribution in [0.4, 0.5) is 15.8 Å². The molecule has 0 spiro atoms. The zero-order valence-corrected chi connectivity index (χ0v) is 21.7. The van der Waals surface area contributed by atoms with Gasteiger partial charge in [-0.2, -0.15) is 0 Å². The van der Waals surface area contributed by atoms with Gasteiger partial charge in [-0.05, 0) is 44.5 Å². The fourth-order valence-electron chi connectivity index (χ4n) is 4.98. The van der Waals surface area contributed by atoms with Crippen molar-refractivity contribution in [3.8, 4) is 0 Å². The number of halogens is 1. The molecule has 1 saturated heterocycles. The Morgan fingerprint density at radius 2 is 1.95 bits per heavy atom. The number of benzene rings is 1. The summed E-state index contributed by atoms with van der Waals surface area (Å²) in [4.78, 5) is 45.7. The van der Waals surface area contributed by atoms with Crippen LogP contribution in [0.15, 0.2) is 12.1 Å². The zero-order chi connectivity index (χ0) is 27.2. The molecule has 38 heavy (non-hydrogen) atoms. The molecular weight excluding hydrogens is 493 g/mol. The number of aromatic nitrogens is 1. The molecule has 0 atom stereocenters. The lowest BCUT2D eigenvalue weighted by Gasteiger charge is -2.32. The Kier molecular flexibility index (Phi) is 6.84. The molecule has 2 aromatic rings. The predicted octanol–water partition coefficient (Wildman–Crippen LogP) is 1.99. The molecule has 3 aliphatic rings. The van der Waals surface area contributed by atoms with E-state index < -0.39 is 23.2 Å². The first kappa shape index (κ1) is 26.1. The van der Waals surface area contributed by atoms with Gasteiger partial charge >= 0.3 is 0 Å². The van der Waals surface area contributed by atoms with E-state index in [1.165, 1.54) is 26.0 Å². The van der Waals surface area contributed by atoms with Crippen molar-refractivity contribution in [3.63, 3.8) is 0 Å². The summed E-state index contributed by atoms with van der Waals surface area (Å²) in [5, 5.41) is 14.9. The van der Waals surface area contributed by atoms with E-state index in [-0.39, 0.29) is 17.2 Å². The van der Waals surface area contributed by atoms with E-state index in [0.717, 1.165) is 30.9 Å². The molecule has 1 aromatic carbocycles. The highest BCUT2D eigenvalue weighted by Crippen LogP contribution is 2.37. The summed E-state index contributed by atoms with van der Waals surface area (Å²) in [5.74, 6) is -1.96. The average Bonchev–Trinajstić information content (AvgIpc) is 3.35. The first-order valence-corrected chi connectivity index (χ1v) is 12.7. The molecular formula is C27H32FN5O5. The number of fused-ring (bicyclic) bond motifs is 2. The summed E-state index contributed by atoms with van der Waals surface area (Å²) >= 11 is 0. The van der Waals surface area contributed by atoms with Crippen molar-refractivity contribution < 1.29 is 28.6 Å². The van der Waals surface area contributed by atoms with Gasteiger partial charge in [0.15, 0.2) is 0 Å². The highest BCUT2D eigenvalue weighted by atomic mass is 19.1. The number of carbonyl (C=O) groups excluding carboxylic acids is 3. The maximum Gasteiger partial charge on any atom is 0.256 e. The Labute approximate surface area is 219 Å². The topological polar surface area (TPSA) is 127 Å². The number of rotatable bonds is 6. The third-order valence-electron chi connectivity index (χ3n) is 7.27. The quantitative estimate of drug-likeness (QED) is 0.428. The van der Waals surface area contributed by atoms with Crippen LogP contribution >= 0.6 is 0 Å². The fourth-order valence-corrected chi connectivity index (χ4v) is 4.98. The van der Waals surface area contributed by atoms with Crippen molar-refractivity contribution in [2.24, 2.45) is 0 Å². The molecule has 0 bridgehead atoms. The molecule has 1 aromatic heterocycles. The summed E-state index contributed by atoms with van der Waals surface area (Å²) in [5.41, 5.74) is 1.91. The number of nitrogens with zero attached hydrogens (tertiary/aromatic N) is 2. The molecule has 4 N–H and O–H groups in total. The van der Waals surface area contributed by atoms with E-state index in [4.69, 9.17) is 4.74 Å². The van der Waals surface area contributed by atoms with Crippen molar-refractivity contribution >= 4 is 40.7 Å². The summed E-state index contributed by atoms with van der Waals surface area (Å²) in [7, 11) is 0. The standard InChI is InChI=1S/C27H32FN5O5/c1-15-20(29-19-4-5-33(25(35)23(15)19)7-6-32-8-10-38-11-9-32)13-17-16-12-18(28)22(14-21(16)30-24(17)34)31-26(36)27(2,3)37/h12-14,29,37H,4-11H2,1-3H3,(H,30,34)(H,31,36)/b17-13-.